The molecule has 1 N–H and O–H groups in total. The van der Waals surface area contributed by atoms with E-state index in [1.165, 1.54) is 28.8 Å². The molecule has 0 radical (unpaired) electrons. The van der Waals surface area contributed by atoms with E-state index < -0.39 is 0 Å². The van der Waals surface area contributed by atoms with Crippen LogP contribution < -0.4 is 10.2 Å². The maximum absolute atomic E-state index is 13.2. The lowest BCUT2D eigenvalue weighted by Crippen LogP contribution is -2.42. The molecule has 156 valence electrons. The number of anilines is 1. The number of nitrogens with one attached hydrogen (secondary N) is 1. The van der Waals surface area contributed by atoms with E-state index in [0.29, 0.717) is 10.6 Å². The number of halogens is 2. The number of nitrogens with zero attached hydrogens (tertiary/aromatic N) is 1. The number of rotatable bonds is 5. The van der Waals surface area contributed by atoms with Crippen LogP contribution in [0.3, 0.4) is 0 Å². The van der Waals surface area contributed by atoms with Crippen molar-refractivity contribution in [2.75, 3.05) is 11.4 Å². The van der Waals surface area contributed by atoms with Crippen molar-refractivity contribution in [3.8, 4) is 0 Å². The quantitative estimate of drug-likeness (QED) is 0.482. The van der Waals surface area contributed by atoms with Crippen molar-refractivity contribution >= 4 is 51.3 Å². The second kappa shape index (κ2) is 9.49. The van der Waals surface area contributed by atoms with Gasteiger partial charge in [-0.3, -0.25) is 14.5 Å². The van der Waals surface area contributed by atoms with Gasteiger partial charge in [0.2, 0.25) is 5.91 Å². The number of carbonyl (C=O) groups excluding carboxylic acids is 2. The number of hydrogen-bond acceptors (Lipinski definition) is 3. The van der Waals surface area contributed by atoms with Gasteiger partial charge in [0.1, 0.15) is 12.4 Å². The standard InChI is InChI=1S/C24H18BrFN2O2S/c25-18-5-3-4-17(12-18)13-22-24(30)28(20-6-1-2-7-21(20)31-22)15-23(29)27-14-16-8-10-19(26)11-9-16/h1-13H,14-15H2,(H,27,29). The Hall–Kier alpha value is -2.90. The normalized spacial score (nSPS) is 14.5. The van der Waals surface area contributed by atoms with Crippen LogP contribution >= 0.6 is 27.7 Å². The lowest BCUT2D eigenvalue weighted by molar-refractivity contribution is -0.122. The average molecular weight is 497 g/mol. The van der Waals surface area contributed by atoms with E-state index in [9.17, 15) is 14.0 Å². The zero-order chi connectivity index (χ0) is 21.8. The highest BCUT2D eigenvalue weighted by Gasteiger charge is 2.30. The van der Waals surface area contributed by atoms with E-state index in [2.05, 4.69) is 21.2 Å². The molecule has 0 aromatic heterocycles. The van der Waals surface area contributed by atoms with Gasteiger partial charge in [-0.25, -0.2) is 4.39 Å². The van der Waals surface area contributed by atoms with Crippen LogP contribution in [0.1, 0.15) is 11.1 Å². The molecule has 3 aromatic rings. The lowest BCUT2D eigenvalue weighted by Gasteiger charge is -2.29. The molecular formula is C24H18BrFN2O2S. The van der Waals surface area contributed by atoms with Crippen LogP contribution in [-0.4, -0.2) is 18.4 Å². The number of fused-ring (bicyclic) bond motifs is 1. The molecule has 0 spiro atoms. The van der Waals surface area contributed by atoms with Crippen LogP contribution in [0, 0.1) is 5.82 Å². The fraction of sp³-hybridized carbons (Fsp3) is 0.0833. The molecule has 0 saturated carbocycles. The van der Waals surface area contributed by atoms with Crippen molar-refractivity contribution in [2.45, 2.75) is 11.4 Å². The highest BCUT2D eigenvalue weighted by molar-refractivity contribution is 9.10. The first kappa shape index (κ1) is 21.3. The highest BCUT2D eigenvalue weighted by Crippen LogP contribution is 2.42. The summed E-state index contributed by atoms with van der Waals surface area (Å²) in [5.74, 6) is -0.838. The van der Waals surface area contributed by atoms with Gasteiger partial charge in [0.05, 0.1) is 10.6 Å². The fourth-order valence-corrected chi connectivity index (χ4v) is 4.65. The fourth-order valence-electron chi connectivity index (χ4n) is 3.17. The summed E-state index contributed by atoms with van der Waals surface area (Å²) >= 11 is 4.84. The van der Waals surface area contributed by atoms with E-state index in [4.69, 9.17) is 0 Å². The van der Waals surface area contributed by atoms with Gasteiger partial charge in [-0.1, -0.05) is 64.1 Å². The van der Waals surface area contributed by atoms with E-state index in [1.54, 1.807) is 12.1 Å². The van der Waals surface area contributed by atoms with Gasteiger partial charge in [0.25, 0.3) is 5.91 Å². The molecule has 4 nitrogen and oxygen atoms in total. The molecule has 0 fully saturated rings. The van der Waals surface area contributed by atoms with Crippen LogP contribution in [-0.2, 0) is 16.1 Å². The molecule has 3 aromatic carbocycles. The third-order valence-electron chi connectivity index (χ3n) is 4.68. The van der Waals surface area contributed by atoms with Gasteiger partial charge in [-0.05, 0) is 53.6 Å². The number of benzene rings is 3. The molecule has 1 aliphatic rings. The van der Waals surface area contributed by atoms with Gasteiger partial charge in [0.15, 0.2) is 0 Å². The summed E-state index contributed by atoms with van der Waals surface area (Å²) in [5.41, 5.74) is 2.39. The summed E-state index contributed by atoms with van der Waals surface area (Å²) in [7, 11) is 0. The third kappa shape index (κ3) is 5.24. The van der Waals surface area contributed by atoms with E-state index in [0.717, 1.165) is 20.5 Å². The van der Waals surface area contributed by atoms with Crippen LogP contribution in [0.15, 0.2) is 87.1 Å². The van der Waals surface area contributed by atoms with Gasteiger partial charge in [0, 0.05) is 15.9 Å². The monoisotopic (exact) mass is 496 g/mol. The summed E-state index contributed by atoms with van der Waals surface area (Å²) in [6, 6.07) is 21.1. The van der Waals surface area contributed by atoms with Crippen molar-refractivity contribution in [1.82, 2.24) is 5.32 Å². The van der Waals surface area contributed by atoms with Crippen LogP contribution in [0.25, 0.3) is 6.08 Å². The Kier molecular flexibility index (Phi) is 6.53. The minimum Gasteiger partial charge on any atom is -0.350 e. The van der Waals surface area contributed by atoms with Crippen molar-refractivity contribution < 1.29 is 14.0 Å². The molecule has 0 aliphatic carbocycles. The average Bonchev–Trinajstić information content (AvgIpc) is 2.76. The first-order chi connectivity index (χ1) is 15.0. The second-order valence-corrected chi connectivity index (χ2v) is 8.93. The maximum Gasteiger partial charge on any atom is 0.265 e. The first-order valence-corrected chi connectivity index (χ1v) is 11.2. The Bertz CT molecular complexity index is 1160. The molecule has 1 heterocycles. The third-order valence-corrected chi connectivity index (χ3v) is 6.25. The summed E-state index contributed by atoms with van der Waals surface area (Å²) in [5, 5.41) is 2.80. The zero-order valence-electron chi connectivity index (χ0n) is 16.3. The Morgan fingerprint density at radius 3 is 2.61 bits per heavy atom. The van der Waals surface area contributed by atoms with Crippen molar-refractivity contribution in [2.24, 2.45) is 0 Å². The number of para-hydroxylation sites is 1. The van der Waals surface area contributed by atoms with Crippen LogP contribution in [0.2, 0.25) is 0 Å². The van der Waals surface area contributed by atoms with E-state index in [1.807, 2.05) is 54.6 Å². The van der Waals surface area contributed by atoms with E-state index in [-0.39, 0.29) is 30.7 Å². The minimum absolute atomic E-state index is 0.104. The van der Waals surface area contributed by atoms with Gasteiger partial charge < -0.3 is 5.32 Å². The van der Waals surface area contributed by atoms with Crippen molar-refractivity contribution in [1.29, 1.82) is 0 Å². The summed E-state index contributed by atoms with van der Waals surface area (Å²) in [4.78, 5) is 28.8. The molecule has 31 heavy (non-hydrogen) atoms. The molecule has 7 heteroatoms. The minimum atomic E-state index is -0.326. The molecule has 0 unspecified atom stereocenters. The van der Waals surface area contributed by atoms with Gasteiger partial charge >= 0.3 is 0 Å². The molecule has 0 saturated heterocycles. The maximum atomic E-state index is 13.2. The summed E-state index contributed by atoms with van der Waals surface area (Å²) in [6.45, 7) is 0.158. The highest BCUT2D eigenvalue weighted by atomic mass is 79.9. The molecular weight excluding hydrogens is 479 g/mol. The first-order valence-electron chi connectivity index (χ1n) is 9.57. The lowest BCUT2D eigenvalue weighted by atomic mass is 10.2. The predicted molar refractivity (Wildman–Crippen MR) is 125 cm³/mol. The smallest absolute Gasteiger partial charge is 0.265 e. The largest absolute Gasteiger partial charge is 0.350 e. The topological polar surface area (TPSA) is 49.4 Å². The Labute approximate surface area is 192 Å². The van der Waals surface area contributed by atoms with Crippen LogP contribution in [0.5, 0.6) is 0 Å². The SMILES string of the molecule is O=C(CN1C(=O)C(=Cc2cccc(Br)c2)Sc2ccccc21)NCc1ccc(F)cc1. The Morgan fingerprint density at radius 2 is 1.84 bits per heavy atom. The molecule has 1 aliphatic heterocycles. The Balaban J connectivity index is 1.54. The van der Waals surface area contributed by atoms with E-state index >= 15 is 0 Å². The number of thioether (sulfide) groups is 1. The molecule has 4 rings (SSSR count). The van der Waals surface area contributed by atoms with Crippen molar-refractivity contribution in [3.63, 3.8) is 0 Å². The predicted octanol–water partition coefficient (Wildman–Crippen LogP) is 5.38. The zero-order valence-corrected chi connectivity index (χ0v) is 18.8. The van der Waals surface area contributed by atoms with Gasteiger partial charge in [-0.2, -0.15) is 0 Å². The summed E-state index contributed by atoms with van der Waals surface area (Å²) < 4.78 is 14.0. The molecule has 2 amide bonds. The van der Waals surface area contributed by atoms with Crippen LogP contribution in [0.4, 0.5) is 10.1 Å². The second-order valence-electron chi connectivity index (χ2n) is 6.93. The molecule has 0 atom stereocenters. The number of amides is 2. The number of carbonyl (C=O) groups is 2. The van der Waals surface area contributed by atoms with Gasteiger partial charge in [-0.15, -0.1) is 0 Å². The number of hydrogen-bond donors (Lipinski definition) is 1. The van der Waals surface area contributed by atoms with Crippen molar-refractivity contribution in [3.05, 3.63) is 99.1 Å². The molecule has 0 bridgehead atoms. The summed E-state index contributed by atoms with van der Waals surface area (Å²) in [6.07, 6.45) is 1.83. The Morgan fingerprint density at radius 1 is 1.06 bits per heavy atom.